The first-order chi connectivity index (χ1) is 16.1. The standard InChI is InChI=1S/C25H23N3O5/c1-30-20-11-9-16(13-22(20)32-3)15-26-28-24(17-10-12-21(31-2)23(14-17)33-4)27-19-8-6-5-7-18(19)25(28)29/h5-15H,1-4H3/b26-15+. The molecule has 8 heteroatoms. The number of hydrogen-bond donors (Lipinski definition) is 0. The predicted octanol–water partition coefficient (Wildman–Crippen LogP) is 3.98. The Morgan fingerprint density at radius 2 is 1.42 bits per heavy atom. The van der Waals surface area contributed by atoms with Gasteiger partial charge in [0.15, 0.2) is 28.8 Å². The van der Waals surface area contributed by atoms with Gasteiger partial charge in [-0.3, -0.25) is 4.79 Å². The fourth-order valence-corrected chi connectivity index (χ4v) is 3.45. The van der Waals surface area contributed by atoms with Crippen LogP contribution in [0.3, 0.4) is 0 Å². The van der Waals surface area contributed by atoms with Gasteiger partial charge in [-0.2, -0.15) is 9.78 Å². The smallest absolute Gasteiger partial charge is 0.282 e. The Morgan fingerprint density at radius 1 is 0.788 bits per heavy atom. The normalized spacial score (nSPS) is 11.0. The number of ether oxygens (including phenoxy) is 4. The number of hydrogen-bond acceptors (Lipinski definition) is 7. The summed E-state index contributed by atoms with van der Waals surface area (Å²) < 4.78 is 22.7. The second kappa shape index (κ2) is 9.44. The fraction of sp³-hybridized carbons (Fsp3) is 0.160. The van der Waals surface area contributed by atoms with E-state index in [1.807, 2.05) is 12.1 Å². The van der Waals surface area contributed by atoms with Crippen LogP contribution in [0, 0.1) is 0 Å². The summed E-state index contributed by atoms with van der Waals surface area (Å²) in [6.45, 7) is 0. The molecular weight excluding hydrogens is 422 g/mol. The Labute approximate surface area is 190 Å². The van der Waals surface area contributed by atoms with Crippen LogP contribution in [-0.4, -0.2) is 44.3 Å². The third-order valence-corrected chi connectivity index (χ3v) is 5.13. The van der Waals surface area contributed by atoms with Gasteiger partial charge < -0.3 is 18.9 Å². The van der Waals surface area contributed by atoms with E-state index in [1.165, 1.54) is 4.68 Å². The minimum Gasteiger partial charge on any atom is -0.493 e. The SMILES string of the molecule is COc1ccc(/C=N/n2c(-c3ccc(OC)c(OC)c3)nc3ccccc3c2=O)cc1OC. The second-order valence-corrected chi connectivity index (χ2v) is 7.00. The number of nitrogens with zero attached hydrogens (tertiary/aromatic N) is 3. The van der Waals surface area contributed by atoms with Crippen LogP contribution >= 0.6 is 0 Å². The lowest BCUT2D eigenvalue weighted by Gasteiger charge is -2.12. The first-order valence-corrected chi connectivity index (χ1v) is 10.1. The molecule has 8 nitrogen and oxygen atoms in total. The van der Waals surface area contributed by atoms with Crippen LogP contribution in [0.1, 0.15) is 5.56 Å². The molecule has 0 saturated carbocycles. The highest BCUT2D eigenvalue weighted by Gasteiger charge is 2.15. The maximum Gasteiger partial charge on any atom is 0.282 e. The first kappa shape index (κ1) is 21.9. The molecule has 4 aromatic rings. The van der Waals surface area contributed by atoms with Gasteiger partial charge >= 0.3 is 0 Å². The number of aromatic nitrogens is 2. The highest BCUT2D eigenvalue weighted by molar-refractivity contribution is 5.83. The predicted molar refractivity (Wildman–Crippen MR) is 127 cm³/mol. The van der Waals surface area contributed by atoms with E-state index in [1.54, 1.807) is 83.2 Å². The molecular formula is C25H23N3O5. The Balaban J connectivity index is 1.90. The molecule has 0 aliphatic heterocycles. The van der Waals surface area contributed by atoms with Crippen molar-refractivity contribution in [2.45, 2.75) is 0 Å². The van der Waals surface area contributed by atoms with Crippen LogP contribution in [0.5, 0.6) is 23.0 Å². The summed E-state index contributed by atoms with van der Waals surface area (Å²) in [6.07, 6.45) is 1.57. The van der Waals surface area contributed by atoms with Crippen LogP contribution < -0.4 is 24.5 Å². The molecule has 0 unspecified atom stereocenters. The quantitative estimate of drug-likeness (QED) is 0.400. The maximum absolute atomic E-state index is 13.4. The lowest BCUT2D eigenvalue weighted by molar-refractivity contribution is 0.355. The third-order valence-electron chi connectivity index (χ3n) is 5.13. The van der Waals surface area contributed by atoms with Gasteiger partial charge in [0.05, 0.1) is 45.6 Å². The lowest BCUT2D eigenvalue weighted by Crippen LogP contribution is -2.20. The maximum atomic E-state index is 13.4. The molecule has 1 heterocycles. The van der Waals surface area contributed by atoms with Crippen molar-refractivity contribution in [2.75, 3.05) is 28.4 Å². The zero-order valence-electron chi connectivity index (χ0n) is 18.7. The molecule has 4 rings (SSSR count). The molecule has 0 aliphatic rings. The van der Waals surface area contributed by atoms with Crippen molar-refractivity contribution in [3.05, 3.63) is 76.6 Å². The second-order valence-electron chi connectivity index (χ2n) is 7.00. The van der Waals surface area contributed by atoms with Gasteiger partial charge in [0.2, 0.25) is 0 Å². The highest BCUT2D eigenvalue weighted by atomic mass is 16.5. The average molecular weight is 445 g/mol. The zero-order valence-corrected chi connectivity index (χ0v) is 18.7. The molecule has 168 valence electrons. The Kier molecular flexibility index (Phi) is 6.26. The van der Waals surface area contributed by atoms with Gasteiger partial charge in [-0.1, -0.05) is 12.1 Å². The molecule has 3 aromatic carbocycles. The summed E-state index contributed by atoms with van der Waals surface area (Å²) in [5.74, 6) is 2.63. The van der Waals surface area contributed by atoms with E-state index in [0.717, 1.165) is 5.56 Å². The van der Waals surface area contributed by atoms with Crippen LogP contribution in [-0.2, 0) is 0 Å². The van der Waals surface area contributed by atoms with E-state index in [-0.39, 0.29) is 5.56 Å². The molecule has 0 amide bonds. The molecule has 1 aromatic heterocycles. The number of fused-ring (bicyclic) bond motifs is 1. The van der Waals surface area contributed by atoms with E-state index in [0.29, 0.717) is 45.3 Å². The summed E-state index contributed by atoms with van der Waals surface area (Å²) >= 11 is 0. The summed E-state index contributed by atoms with van der Waals surface area (Å²) in [5.41, 5.74) is 1.66. The van der Waals surface area contributed by atoms with E-state index >= 15 is 0 Å². The minimum absolute atomic E-state index is 0.290. The van der Waals surface area contributed by atoms with Crippen LogP contribution in [0.25, 0.3) is 22.3 Å². The lowest BCUT2D eigenvalue weighted by atomic mass is 10.1. The minimum atomic E-state index is -0.290. The number of methoxy groups -OCH3 is 4. The molecule has 0 aliphatic carbocycles. The van der Waals surface area contributed by atoms with E-state index in [9.17, 15) is 4.79 Å². The molecule has 0 fully saturated rings. The molecule has 0 atom stereocenters. The zero-order chi connectivity index (χ0) is 23.4. The molecule has 33 heavy (non-hydrogen) atoms. The van der Waals surface area contributed by atoms with Crippen LogP contribution in [0.4, 0.5) is 0 Å². The van der Waals surface area contributed by atoms with Gasteiger partial charge in [-0.15, -0.1) is 0 Å². The van der Waals surface area contributed by atoms with Gasteiger partial charge in [-0.05, 0) is 54.1 Å². The Hall–Kier alpha value is -4.33. The Bertz CT molecular complexity index is 1390. The van der Waals surface area contributed by atoms with Crippen molar-refractivity contribution >= 4 is 17.1 Å². The van der Waals surface area contributed by atoms with Crippen molar-refractivity contribution in [1.29, 1.82) is 0 Å². The van der Waals surface area contributed by atoms with Crippen LogP contribution in [0.2, 0.25) is 0 Å². The number of rotatable bonds is 7. The summed E-state index contributed by atoms with van der Waals surface area (Å²) in [7, 11) is 6.25. The van der Waals surface area contributed by atoms with Gasteiger partial charge in [0.1, 0.15) is 0 Å². The van der Waals surface area contributed by atoms with Crippen molar-refractivity contribution in [1.82, 2.24) is 9.66 Å². The number of para-hydroxylation sites is 1. The fourth-order valence-electron chi connectivity index (χ4n) is 3.45. The summed E-state index contributed by atoms with van der Waals surface area (Å²) in [6, 6.07) is 17.9. The van der Waals surface area contributed by atoms with Crippen molar-refractivity contribution in [3.8, 4) is 34.4 Å². The van der Waals surface area contributed by atoms with Crippen molar-refractivity contribution in [3.63, 3.8) is 0 Å². The molecule has 0 spiro atoms. The molecule has 0 N–H and O–H groups in total. The van der Waals surface area contributed by atoms with E-state index in [4.69, 9.17) is 23.9 Å². The van der Waals surface area contributed by atoms with Crippen LogP contribution in [0.15, 0.2) is 70.6 Å². The van der Waals surface area contributed by atoms with Crippen molar-refractivity contribution in [2.24, 2.45) is 5.10 Å². The van der Waals surface area contributed by atoms with E-state index < -0.39 is 0 Å². The molecule has 0 saturated heterocycles. The Morgan fingerprint density at radius 3 is 2.12 bits per heavy atom. The molecule has 0 radical (unpaired) electrons. The largest absolute Gasteiger partial charge is 0.493 e. The van der Waals surface area contributed by atoms with Gasteiger partial charge in [0.25, 0.3) is 5.56 Å². The van der Waals surface area contributed by atoms with Gasteiger partial charge in [0, 0.05) is 5.56 Å². The topological polar surface area (TPSA) is 84.2 Å². The van der Waals surface area contributed by atoms with Gasteiger partial charge in [-0.25, -0.2) is 4.98 Å². The monoisotopic (exact) mass is 445 g/mol. The summed E-state index contributed by atoms with van der Waals surface area (Å²) in [4.78, 5) is 18.1. The number of benzene rings is 3. The average Bonchev–Trinajstić information content (AvgIpc) is 2.87. The van der Waals surface area contributed by atoms with E-state index in [2.05, 4.69) is 5.10 Å². The van der Waals surface area contributed by atoms with Crippen molar-refractivity contribution < 1.29 is 18.9 Å². The molecule has 0 bridgehead atoms. The first-order valence-electron chi connectivity index (χ1n) is 10.1. The highest BCUT2D eigenvalue weighted by Crippen LogP contribution is 2.32. The summed E-state index contributed by atoms with van der Waals surface area (Å²) in [5, 5.41) is 4.94. The third kappa shape index (κ3) is 4.23.